The summed E-state index contributed by atoms with van der Waals surface area (Å²) >= 11 is 0. The Morgan fingerprint density at radius 3 is 2.60 bits per heavy atom. The summed E-state index contributed by atoms with van der Waals surface area (Å²) in [6, 6.07) is 1.69. The molecule has 6 heteroatoms. The van der Waals surface area contributed by atoms with E-state index in [0.29, 0.717) is 40.4 Å². The Bertz CT molecular complexity index is 1110. The van der Waals surface area contributed by atoms with Crippen LogP contribution in [-0.4, -0.2) is 49.3 Å². The molecule has 5 fully saturated rings. The number of aromatic nitrogens is 1. The van der Waals surface area contributed by atoms with Gasteiger partial charge in [-0.25, -0.2) is 4.79 Å². The van der Waals surface area contributed by atoms with Gasteiger partial charge in [-0.1, -0.05) is 27.7 Å². The summed E-state index contributed by atoms with van der Waals surface area (Å²) in [5, 5.41) is 0. The third-order valence-electron chi connectivity index (χ3n) is 13.3. The third-order valence-corrected chi connectivity index (χ3v) is 13.3. The number of nitrogens with one attached hydrogen (secondary N) is 1. The van der Waals surface area contributed by atoms with Crippen LogP contribution in [0.1, 0.15) is 113 Å². The quantitative estimate of drug-likeness (QED) is 0.288. The highest BCUT2D eigenvalue weighted by Crippen LogP contribution is 2.70. The molecular formula is C34H51NO5. The number of hydrogen-bond acceptors (Lipinski definition) is 5. The average molecular weight is 554 g/mol. The first-order valence-electron chi connectivity index (χ1n) is 16.1. The summed E-state index contributed by atoms with van der Waals surface area (Å²) in [5.41, 5.74) is 1.54. The minimum atomic E-state index is -0.496. The molecule has 0 spiro atoms. The lowest BCUT2D eigenvalue weighted by Gasteiger charge is -2.61. The van der Waals surface area contributed by atoms with Crippen LogP contribution in [0.5, 0.6) is 0 Å². The van der Waals surface area contributed by atoms with Crippen LogP contribution in [0.2, 0.25) is 0 Å². The molecule has 1 aromatic rings. The molecule has 1 saturated heterocycles. The molecule has 0 aromatic carbocycles. The molecule has 2 heterocycles. The summed E-state index contributed by atoms with van der Waals surface area (Å²) in [7, 11) is 3.24. The molecule has 12 atom stereocenters. The summed E-state index contributed by atoms with van der Waals surface area (Å²) in [4.78, 5) is 28.1. The van der Waals surface area contributed by atoms with E-state index in [2.05, 4.69) is 25.8 Å². The molecule has 1 N–H and O–H groups in total. The number of methoxy groups -OCH3 is 2. The average Bonchev–Trinajstić information content (AvgIpc) is 3.64. The lowest BCUT2D eigenvalue weighted by Crippen LogP contribution is -2.54. The van der Waals surface area contributed by atoms with E-state index in [0.717, 1.165) is 36.5 Å². The fourth-order valence-corrected chi connectivity index (χ4v) is 11.1. The Labute approximate surface area is 240 Å². The van der Waals surface area contributed by atoms with Gasteiger partial charge in [0.05, 0.1) is 31.0 Å². The number of ketones is 1. The fourth-order valence-electron chi connectivity index (χ4n) is 11.1. The second-order valence-corrected chi connectivity index (χ2v) is 14.8. The van der Waals surface area contributed by atoms with Gasteiger partial charge in [-0.15, -0.1) is 0 Å². The lowest BCUT2D eigenvalue weighted by molar-refractivity contribution is -0.133. The van der Waals surface area contributed by atoms with E-state index in [1.807, 2.05) is 14.0 Å². The van der Waals surface area contributed by atoms with Gasteiger partial charge < -0.3 is 19.2 Å². The van der Waals surface area contributed by atoms with Crippen molar-refractivity contribution in [3.05, 3.63) is 23.5 Å². The van der Waals surface area contributed by atoms with Gasteiger partial charge in [-0.3, -0.25) is 4.79 Å². The van der Waals surface area contributed by atoms with Crippen molar-refractivity contribution in [1.29, 1.82) is 0 Å². The molecule has 0 unspecified atom stereocenters. The van der Waals surface area contributed by atoms with Crippen LogP contribution in [0.15, 0.2) is 12.3 Å². The molecule has 222 valence electrons. The Morgan fingerprint density at radius 2 is 1.85 bits per heavy atom. The van der Waals surface area contributed by atoms with E-state index >= 15 is 0 Å². The number of aromatic amines is 1. The number of ether oxygens (including phenoxy) is 3. The van der Waals surface area contributed by atoms with Gasteiger partial charge in [0.15, 0.2) is 5.78 Å². The van der Waals surface area contributed by atoms with Crippen LogP contribution in [-0.2, 0) is 14.2 Å². The molecule has 0 bridgehead atoms. The van der Waals surface area contributed by atoms with E-state index in [1.54, 1.807) is 12.3 Å². The SMILES string of the molecule is COC(=O)c1[nH]ccc1C(=O)[C@@H](C)CC[C@H]1O[C@H]2C[C@H]3[C@@H]4CC[C@@H]5C[C@@H](OC)CC[C@]5(C)[C@H]4CC[C@]3(C)[C@H]2[C@@H]1C. The number of esters is 1. The number of carbonyl (C=O) groups is 2. The standard InChI is InChI=1S/C34H51NO5/c1-19(31(36)24-13-16-35-30(24)32(37)39-6)7-10-27-20(2)29-28(40-27)18-26-23-9-8-21-17-22(38-5)11-14-33(21,3)25(23)12-15-34(26,29)4/h13,16,19-23,25-29,35H,7-12,14-15,17-18H2,1-6H3/t19-,20+,21+,22-,23+,25-,26-,27+,28-,29-,33-,34-/m0/s1. The predicted molar refractivity (Wildman–Crippen MR) is 154 cm³/mol. The highest BCUT2D eigenvalue weighted by molar-refractivity contribution is 6.06. The highest BCUT2D eigenvalue weighted by Gasteiger charge is 2.65. The van der Waals surface area contributed by atoms with Crippen LogP contribution in [0.25, 0.3) is 0 Å². The molecule has 4 saturated carbocycles. The molecule has 0 radical (unpaired) electrons. The smallest absolute Gasteiger partial charge is 0.355 e. The second-order valence-electron chi connectivity index (χ2n) is 14.8. The number of H-pyrrole nitrogens is 1. The van der Waals surface area contributed by atoms with Gasteiger partial charge in [0.1, 0.15) is 5.69 Å². The summed E-state index contributed by atoms with van der Waals surface area (Å²) in [6.45, 7) is 9.65. The Morgan fingerprint density at radius 1 is 1.07 bits per heavy atom. The Hall–Kier alpha value is -1.66. The number of rotatable bonds is 7. The van der Waals surface area contributed by atoms with E-state index in [1.165, 1.54) is 58.5 Å². The molecule has 6 nitrogen and oxygen atoms in total. The predicted octanol–water partition coefficient (Wildman–Crippen LogP) is 7.09. The van der Waals surface area contributed by atoms with E-state index in [-0.39, 0.29) is 23.5 Å². The highest BCUT2D eigenvalue weighted by atomic mass is 16.5. The maximum atomic E-state index is 13.2. The molecule has 6 rings (SSSR count). The molecule has 40 heavy (non-hydrogen) atoms. The van der Waals surface area contributed by atoms with Crippen LogP contribution in [0.4, 0.5) is 0 Å². The van der Waals surface area contributed by atoms with Gasteiger partial charge in [0, 0.05) is 19.2 Å². The minimum Gasteiger partial charge on any atom is -0.464 e. The van der Waals surface area contributed by atoms with Gasteiger partial charge in [-0.2, -0.15) is 0 Å². The first kappa shape index (κ1) is 28.5. The van der Waals surface area contributed by atoms with Crippen LogP contribution < -0.4 is 0 Å². The largest absolute Gasteiger partial charge is 0.464 e. The monoisotopic (exact) mass is 553 g/mol. The van der Waals surface area contributed by atoms with Crippen molar-refractivity contribution in [2.75, 3.05) is 14.2 Å². The summed E-state index contributed by atoms with van der Waals surface area (Å²) in [5.74, 6) is 3.80. The van der Waals surface area contributed by atoms with Crippen molar-refractivity contribution in [2.24, 2.45) is 52.3 Å². The minimum absolute atomic E-state index is 0.00136. The van der Waals surface area contributed by atoms with Crippen molar-refractivity contribution >= 4 is 11.8 Å². The molecule has 1 aliphatic heterocycles. The normalized spacial score (nSPS) is 44.7. The number of Topliss-reactive ketones (excluding diaryl/α,β-unsaturated/α-hetero) is 1. The zero-order valence-electron chi connectivity index (χ0n) is 25.5. The van der Waals surface area contributed by atoms with Crippen LogP contribution in [0.3, 0.4) is 0 Å². The zero-order valence-corrected chi connectivity index (χ0v) is 25.5. The molecular weight excluding hydrogens is 502 g/mol. The second kappa shape index (κ2) is 10.6. The van der Waals surface area contributed by atoms with Gasteiger partial charge in [0.25, 0.3) is 0 Å². The molecule has 4 aliphatic carbocycles. The summed E-state index contributed by atoms with van der Waals surface area (Å²) in [6.07, 6.45) is 14.9. The first-order valence-corrected chi connectivity index (χ1v) is 16.1. The van der Waals surface area contributed by atoms with Gasteiger partial charge in [0.2, 0.25) is 0 Å². The van der Waals surface area contributed by atoms with E-state index in [9.17, 15) is 9.59 Å². The van der Waals surface area contributed by atoms with Crippen LogP contribution in [0, 0.1) is 52.3 Å². The van der Waals surface area contributed by atoms with E-state index in [4.69, 9.17) is 14.2 Å². The molecule has 1 aromatic heterocycles. The molecule has 5 aliphatic rings. The van der Waals surface area contributed by atoms with Gasteiger partial charge in [-0.05, 0) is 117 Å². The molecule has 0 amide bonds. The van der Waals surface area contributed by atoms with Crippen molar-refractivity contribution in [3.8, 4) is 0 Å². The lowest BCUT2D eigenvalue weighted by atomic mass is 9.44. The zero-order chi connectivity index (χ0) is 28.4. The fraction of sp³-hybridized carbons (Fsp3) is 0.824. The van der Waals surface area contributed by atoms with Crippen molar-refractivity contribution in [2.45, 2.75) is 110 Å². The number of hydrogen-bond donors (Lipinski definition) is 1. The summed E-state index contributed by atoms with van der Waals surface area (Å²) < 4.78 is 17.5. The number of carbonyl (C=O) groups excluding carboxylic acids is 2. The van der Waals surface area contributed by atoms with Gasteiger partial charge >= 0.3 is 5.97 Å². The third kappa shape index (κ3) is 4.33. The number of fused-ring (bicyclic) bond motifs is 7. The maximum absolute atomic E-state index is 13.2. The Balaban J connectivity index is 1.10. The van der Waals surface area contributed by atoms with Crippen molar-refractivity contribution in [3.63, 3.8) is 0 Å². The first-order chi connectivity index (χ1) is 19.1. The Kier molecular flexibility index (Phi) is 7.51. The maximum Gasteiger partial charge on any atom is 0.355 e. The van der Waals surface area contributed by atoms with Crippen LogP contribution >= 0.6 is 0 Å². The van der Waals surface area contributed by atoms with E-state index < -0.39 is 5.97 Å². The van der Waals surface area contributed by atoms with Crippen molar-refractivity contribution < 1.29 is 23.8 Å². The topological polar surface area (TPSA) is 77.6 Å². The van der Waals surface area contributed by atoms with Crippen molar-refractivity contribution in [1.82, 2.24) is 4.98 Å².